The highest BCUT2D eigenvalue weighted by Crippen LogP contribution is 2.25. The lowest BCUT2D eigenvalue weighted by atomic mass is 10.1. The molecule has 0 aliphatic heterocycles. The second kappa shape index (κ2) is 8.71. The van der Waals surface area contributed by atoms with Gasteiger partial charge >= 0.3 is 0 Å². The molecule has 0 radical (unpaired) electrons. The number of para-hydroxylation sites is 1. The van der Waals surface area contributed by atoms with Crippen LogP contribution < -0.4 is 20.3 Å². The molecule has 0 bridgehead atoms. The average molecular weight is 415 g/mol. The standard InChI is InChI=1S/C24H21N3O4/c1-16-10-11-17(26-24(29)19-7-3-4-8-20(19)30-2)13-21(16)31-15-18-14-23(28)27-12-6-5-9-22(27)25-18/h3-14H,15H2,1-2H3,(H,26,29). The number of nitrogens with zero attached hydrogens (tertiary/aromatic N) is 2. The van der Waals surface area contributed by atoms with Gasteiger partial charge in [-0.1, -0.05) is 24.3 Å². The molecule has 1 amide bonds. The smallest absolute Gasteiger partial charge is 0.259 e. The number of hydrogen-bond donors (Lipinski definition) is 1. The number of fused-ring (bicyclic) bond motifs is 1. The lowest BCUT2D eigenvalue weighted by molar-refractivity contribution is 0.102. The number of aryl methyl sites for hydroxylation is 1. The van der Waals surface area contributed by atoms with E-state index in [4.69, 9.17) is 9.47 Å². The van der Waals surface area contributed by atoms with E-state index in [9.17, 15) is 9.59 Å². The molecule has 7 heteroatoms. The number of aromatic nitrogens is 2. The Morgan fingerprint density at radius 2 is 1.84 bits per heavy atom. The van der Waals surface area contributed by atoms with Crippen LogP contribution in [0.2, 0.25) is 0 Å². The number of benzene rings is 2. The van der Waals surface area contributed by atoms with Gasteiger partial charge in [0, 0.05) is 24.0 Å². The first-order valence-electron chi connectivity index (χ1n) is 9.70. The summed E-state index contributed by atoms with van der Waals surface area (Å²) in [6.45, 7) is 2.04. The van der Waals surface area contributed by atoms with Crippen molar-refractivity contribution in [2.75, 3.05) is 12.4 Å². The topological polar surface area (TPSA) is 81.9 Å². The van der Waals surface area contributed by atoms with Crippen molar-refractivity contribution in [3.8, 4) is 11.5 Å². The zero-order valence-electron chi connectivity index (χ0n) is 17.2. The van der Waals surface area contributed by atoms with Crippen molar-refractivity contribution in [2.24, 2.45) is 0 Å². The number of nitrogens with one attached hydrogen (secondary N) is 1. The Labute approximate surface area is 178 Å². The van der Waals surface area contributed by atoms with Crippen molar-refractivity contribution < 1.29 is 14.3 Å². The SMILES string of the molecule is COc1ccccc1C(=O)Nc1ccc(C)c(OCc2cc(=O)n3ccccc3n2)c1. The molecule has 31 heavy (non-hydrogen) atoms. The molecule has 7 nitrogen and oxygen atoms in total. The molecule has 0 atom stereocenters. The second-order valence-corrected chi connectivity index (χ2v) is 6.94. The van der Waals surface area contributed by atoms with Crippen LogP contribution in [0.15, 0.2) is 77.7 Å². The van der Waals surface area contributed by atoms with E-state index in [-0.39, 0.29) is 18.1 Å². The van der Waals surface area contributed by atoms with Gasteiger partial charge in [0.25, 0.3) is 11.5 Å². The molecule has 0 aliphatic rings. The van der Waals surface area contributed by atoms with Crippen molar-refractivity contribution in [1.29, 1.82) is 0 Å². The van der Waals surface area contributed by atoms with Crippen LogP contribution in [0, 0.1) is 6.92 Å². The van der Waals surface area contributed by atoms with Gasteiger partial charge in [0.15, 0.2) is 0 Å². The Morgan fingerprint density at radius 1 is 1.03 bits per heavy atom. The summed E-state index contributed by atoms with van der Waals surface area (Å²) < 4.78 is 12.6. The predicted octanol–water partition coefficient (Wildman–Crippen LogP) is 3.84. The zero-order valence-corrected chi connectivity index (χ0v) is 17.2. The monoisotopic (exact) mass is 415 g/mol. The summed E-state index contributed by atoms with van der Waals surface area (Å²) >= 11 is 0. The largest absolute Gasteiger partial charge is 0.496 e. The molecule has 2 aromatic heterocycles. The Balaban J connectivity index is 1.52. The third-order valence-electron chi connectivity index (χ3n) is 4.80. The van der Waals surface area contributed by atoms with Crippen LogP contribution in [0.5, 0.6) is 11.5 Å². The van der Waals surface area contributed by atoms with E-state index < -0.39 is 0 Å². The van der Waals surface area contributed by atoms with Crippen LogP contribution in [-0.2, 0) is 6.61 Å². The van der Waals surface area contributed by atoms with E-state index in [1.54, 1.807) is 54.7 Å². The zero-order chi connectivity index (χ0) is 21.8. The Bertz CT molecular complexity index is 1310. The molecular formula is C24H21N3O4. The molecule has 0 spiro atoms. The van der Waals surface area contributed by atoms with Crippen LogP contribution in [0.3, 0.4) is 0 Å². The maximum atomic E-state index is 12.7. The number of carbonyl (C=O) groups is 1. The van der Waals surface area contributed by atoms with E-state index in [0.29, 0.717) is 34.1 Å². The average Bonchev–Trinajstić information content (AvgIpc) is 2.79. The fraction of sp³-hybridized carbons (Fsp3) is 0.125. The maximum Gasteiger partial charge on any atom is 0.259 e. The van der Waals surface area contributed by atoms with Crippen LogP contribution in [0.4, 0.5) is 5.69 Å². The van der Waals surface area contributed by atoms with Gasteiger partial charge in [-0.15, -0.1) is 0 Å². The summed E-state index contributed by atoms with van der Waals surface area (Å²) in [5, 5.41) is 2.86. The summed E-state index contributed by atoms with van der Waals surface area (Å²) in [6, 6.07) is 19.2. The highest BCUT2D eigenvalue weighted by atomic mass is 16.5. The van der Waals surface area contributed by atoms with Gasteiger partial charge in [-0.3, -0.25) is 14.0 Å². The first-order valence-corrected chi connectivity index (χ1v) is 9.70. The van der Waals surface area contributed by atoms with Crippen molar-refractivity contribution in [2.45, 2.75) is 13.5 Å². The van der Waals surface area contributed by atoms with Gasteiger partial charge in [-0.05, 0) is 42.8 Å². The van der Waals surface area contributed by atoms with Crippen LogP contribution >= 0.6 is 0 Å². The van der Waals surface area contributed by atoms with Crippen LogP contribution in [0.1, 0.15) is 21.6 Å². The molecule has 2 heterocycles. The minimum atomic E-state index is -0.281. The Hall–Kier alpha value is -4.13. The van der Waals surface area contributed by atoms with Gasteiger partial charge in [0.1, 0.15) is 23.8 Å². The first kappa shape index (κ1) is 20.2. The summed E-state index contributed by atoms with van der Waals surface area (Å²) in [5.74, 6) is 0.807. The van der Waals surface area contributed by atoms with Gasteiger partial charge in [-0.2, -0.15) is 0 Å². The number of amides is 1. The molecule has 0 fully saturated rings. The van der Waals surface area contributed by atoms with Crippen molar-refractivity contribution in [3.63, 3.8) is 0 Å². The van der Waals surface area contributed by atoms with Gasteiger partial charge in [0.05, 0.1) is 18.4 Å². The fourth-order valence-corrected chi connectivity index (χ4v) is 3.19. The van der Waals surface area contributed by atoms with Crippen molar-refractivity contribution in [1.82, 2.24) is 9.38 Å². The number of carbonyl (C=O) groups excluding carboxylic acids is 1. The number of pyridine rings is 1. The third kappa shape index (κ3) is 4.40. The molecule has 1 N–H and O–H groups in total. The first-order chi connectivity index (χ1) is 15.0. The minimum Gasteiger partial charge on any atom is -0.496 e. The van der Waals surface area contributed by atoms with E-state index in [0.717, 1.165) is 5.56 Å². The Morgan fingerprint density at radius 3 is 2.68 bits per heavy atom. The summed E-state index contributed by atoms with van der Waals surface area (Å²) in [7, 11) is 1.52. The van der Waals surface area contributed by atoms with E-state index in [1.807, 2.05) is 19.1 Å². The molecule has 0 unspecified atom stereocenters. The summed E-state index contributed by atoms with van der Waals surface area (Å²) in [5.41, 5.74) is 2.84. The van der Waals surface area contributed by atoms with E-state index in [1.165, 1.54) is 17.6 Å². The number of rotatable bonds is 6. The molecule has 4 rings (SSSR count). The molecule has 4 aromatic rings. The molecular weight excluding hydrogens is 394 g/mol. The Kier molecular flexibility index (Phi) is 5.66. The lowest BCUT2D eigenvalue weighted by Crippen LogP contribution is -2.16. The van der Waals surface area contributed by atoms with E-state index in [2.05, 4.69) is 10.3 Å². The number of ether oxygens (including phenoxy) is 2. The minimum absolute atomic E-state index is 0.130. The molecule has 156 valence electrons. The molecule has 2 aromatic carbocycles. The van der Waals surface area contributed by atoms with Crippen molar-refractivity contribution in [3.05, 3.63) is 100 Å². The molecule has 0 saturated carbocycles. The lowest BCUT2D eigenvalue weighted by Gasteiger charge is -2.13. The van der Waals surface area contributed by atoms with Gasteiger partial charge in [0.2, 0.25) is 0 Å². The van der Waals surface area contributed by atoms with Crippen LogP contribution in [-0.4, -0.2) is 22.4 Å². The third-order valence-corrected chi connectivity index (χ3v) is 4.80. The number of methoxy groups -OCH3 is 1. The molecule has 0 aliphatic carbocycles. The number of hydrogen-bond acceptors (Lipinski definition) is 5. The highest BCUT2D eigenvalue weighted by Gasteiger charge is 2.13. The maximum absolute atomic E-state index is 12.7. The molecule has 0 saturated heterocycles. The van der Waals surface area contributed by atoms with Crippen LogP contribution in [0.25, 0.3) is 5.65 Å². The van der Waals surface area contributed by atoms with E-state index >= 15 is 0 Å². The van der Waals surface area contributed by atoms with Gasteiger partial charge in [-0.25, -0.2) is 4.98 Å². The normalized spacial score (nSPS) is 10.6. The quantitative estimate of drug-likeness (QED) is 0.517. The van der Waals surface area contributed by atoms with Gasteiger partial charge < -0.3 is 14.8 Å². The number of anilines is 1. The predicted molar refractivity (Wildman–Crippen MR) is 118 cm³/mol. The fourth-order valence-electron chi connectivity index (χ4n) is 3.19. The highest BCUT2D eigenvalue weighted by molar-refractivity contribution is 6.06. The van der Waals surface area contributed by atoms with Crippen molar-refractivity contribution >= 4 is 17.2 Å². The summed E-state index contributed by atoms with van der Waals surface area (Å²) in [4.78, 5) is 29.4. The second-order valence-electron chi connectivity index (χ2n) is 6.94. The summed E-state index contributed by atoms with van der Waals surface area (Å²) in [6.07, 6.45) is 1.67.